The Balaban J connectivity index is 2.17. The van der Waals surface area contributed by atoms with Gasteiger partial charge in [-0.1, -0.05) is 0 Å². The van der Waals surface area contributed by atoms with Gasteiger partial charge >= 0.3 is 0 Å². The summed E-state index contributed by atoms with van der Waals surface area (Å²) in [6, 6.07) is 0. The first-order valence-corrected chi connectivity index (χ1v) is 6.97. The molecule has 1 unspecified atom stereocenters. The van der Waals surface area contributed by atoms with E-state index in [2.05, 4.69) is 9.62 Å². The van der Waals surface area contributed by atoms with Crippen molar-refractivity contribution in [3.05, 3.63) is 0 Å². The lowest BCUT2D eigenvalue weighted by Gasteiger charge is -2.14. The minimum absolute atomic E-state index is 0.184. The molecular formula is C9H20N2O3S. The molecule has 1 heterocycles. The first-order chi connectivity index (χ1) is 7.07. The lowest BCUT2D eigenvalue weighted by Crippen LogP contribution is -2.27. The van der Waals surface area contributed by atoms with Crippen LogP contribution in [0.3, 0.4) is 0 Å². The summed E-state index contributed by atoms with van der Waals surface area (Å²) in [5.74, 6) is 0.565. The number of hydrogen-bond donors (Lipinski definition) is 2. The maximum Gasteiger partial charge on any atom is 0.211 e. The van der Waals surface area contributed by atoms with Crippen LogP contribution in [0, 0.1) is 5.92 Å². The lowest BCUT2D eigenvalue weighted by molar-refractivity contribution is 0.222. The molecule has 5 nitrogen and oxygen atoms in total. The Bertz CT molecular complexity index is 279. The van der Waals surface area contributed by atoms with Gasteiger partial charge in [0.2, 0.25) is 10.0 Å². The molecule has 1 aliphatic heterocycles. The van der Waals surface area contributed by atoms with Gasteiger partial charge < -0.3 is 10.0 Å². The van der Waals surface area contributed by atoms with E-state index in [1.54, 1.807) is 0 Å². The molecule has 1 rings (SSSR count). The Morgan fingerprint density at radius 1 is 1.53 bits per heavy atom. The number of likely N-dealkylation sites (tertiary alicyclic amines) is 1. The van der Waals surface area contributed by atoms with E-state index in [0.717, 1.165) is 26.1 Å². The van der Waals surface area contributed by atoms with Gasteiger partial charge in [-0.2, -0.15) is 0 Å². The highest BCUT2D eigenvalue weighted by Gasteiger charge is 2.21. The Kier molecular flexibility index (Phi) is 4.98. The summed E-state index contributed by atoms with van der Waals surface area (Å²) in [5.41, 5.74) is 0. The van der Waals surface area contributed by atoms with Crippen LogP contribution in [0.4, 0.5) is 0 Å². The van der Waals surface area contributed by atoms with Gasteiger partial charge in [0.25, 0.3) is 0 Å². The van der Waals surface area contributed by atoms with Crippen molar-refractivity contribution < 1.29 is 13.5 Å². The molecule has 90 valence electrons. The zero-order valence-electron chi connectivity index (χ0n) is 9.15. The first kappa shape index (κ1) is 12.9. The number of sulfonamides is 1. The average Bonchev–Trinajstić information content (AvgIpc) is 2.66. The predicted octanol–water partition coefficient (Wildman–Crippen LogP) is -0.760. The van der Waals surface area contributed by atoms with Crippen molar-refractivity contribution in [2.45, 2.75) is 12.8 Å². The van der Waals surface area contributed by atoms with Gasteiger partial charge in [0.15, 0.2) is 0 Å². The Morgan fingerprint density at radius 3 is 2.80 bits per heavy atom. The monoisotopic (exact) mass is 236 g/mol. The van der Waals surface area contributed by atoms with Crippen LogP contribution in [0.15, 0.2) is 0 Å². The highest BCUT2D eigenvalue weighted by atomic mass is 32.2. The number of hydrogen-bond acceptors (Lipinski definition) is 4. The summed E-state index contributed by atoms with van der Waals surface area (Å²) >= 11 is 0. The maximum atomic E-state index is 11.1. The lowest BCUT2D eigenvalue weighted by atomic mass is 10.1. The zero-order valence-corrected chi connectivity index (χ0v) is 9.96. The largest absolute Gasteiger partial charge is 0.396 e. The fraction of sp³-hybridized carbons (Fsp3) is 1.00. The molecule has 2 N–H and O–H groups in total. The van der Waals surface area contributed by atoms with Crippen LogP contribution in [0.1, 0.15) is 12.8 Å². The van der Waals surface area contributed by atoms with Crippen LogP contribution in [0.2, 0.25) is 0 Å². The van der Waals surface area contributed by atoms with Gasteiger partial charge in [-0.15, -0.1) is 0 Å². The first-order valence-electron chi connectivity index (χ1n) is 5.32. The van der Waals surface area contributed by atoms with Gasteiger partial charge in [0.1, 0.15) is 0 Å². The fourth-order valence-electron chi connectivity index (χ4n) is 1.85. The quantitative estimate of drug-likeness (QED) is 0.636. The number of rotatable bonds is 6. The molecule has 15 heavy (non-hydrogen) atoms. The van der Waals surface area contributed by atoms with Crippen LogP contribution in [-0.2, 0) is 10.0 Å². The number of nitrogens with zero attached hydrogens (tertiary/aromatic N) is 1. The minimum Gasteiger partial charge on any atom is -0.396 e. The number of aliphatic hydroxyl groups is 1. The van der Waals surface area contributed by atoms with E-state index in [1.165, 1.54) is 7.05 Å². The van der Waals surface area contributed by atoms with Gasteiger partial charge in [-0.3, -0.25) is 0 Å². The van der Waals surface area contributed by atoms with Gasteiger partial charge in [-0.25, -0.2) is 13.1 Å². The maximum absolute atomic E-state index is 11.1. The van der Waals surface area contributed by atoms with Gasteiger partial charge in [0.05, 0.1) is 5.75 Å². The van der Waals surface area contributed by atoms with Crippen molar-refractivity contribution in [2.24, 2.45) is 5.92 Å². The summed E-state index contributed by atoms with van der Waals surface area (Å²) in [7, 11) is -1.62. The average molecular weight is 236 g/mol. The highest BCUT2D eigenvalue weighted by Crippen LogP contribution is 2.15. The predicted molar refractivity (Wildman–Crippen MR) is 59.1 cm³/mol. The van der Waals surface area contributed by atoms with Crippen LogP contribution in [0.25, 0.3) is 0 Å². The van der Waals surface area contributed by atoms with E-state index in [-0.39, 0.29) is 12.4 Å². The molecule has 0 spiro atoms. The van der Waals surface area contributed by atoms with E-state index in [1.807, 2.05) is 0 Å². The van der Waals surface area contributed by atoms with Crippen molar-refractivity contribution in [2.75, 3.05) is 39.0 Å². The molecule has 0 amide bonds. The molecule has 1 aliphatic rings. The Labute approximate surface area is 91.5 Å². The summed E-state index contributed by atoms with van der Waals surface area (Å²) < 4.78 is 24.5. The SMILES string of the molecule is CNS(=O)(=O)CCCN1CCC(CO)C1. The molecule has 0 aromatic heterocycles. The van der Waals surface area contributed by atoms with Crippen molar-refractivity contribution >= 4 is 10.0 Å². The van der Waals surface area contributed by atoms with E-state index in [0.29, 0.717) is 12.3 Å². The van der Waals surface area contributed by atoms with Crippen molar-refractivity contribution in [1.29, 1.82) is 0 Å². The molecule has 1 fully saturated rings. The topological polar surface area (TPSA) is 69.6 Å². The third-order valence-corrected chi connectivity index (χ3v) is 4.27. The van der Waals surface area contributed by atoms with Crippen LogP contribution < -0.4 is 4.72 Å². The molecule has 0 aliphatic carbocycles. The Hall–Kier alpha value is -0.170. The third-order valence-electron chi connectivity index (χ3n) is 2.83. The molecule has 0 radical (unpaired) electrons. The number of nitrogens with one attached hydrogen (secondary N) is 1. The smallest absolute Gasteiger partial charge is 0.211 e. The van der Waals surface area contributed by atoms with Gasteiger partial charge in [-0.05, 0) is 38.9 Å². The number of aliphatic hydroxyl groups excluding tert-OH is 1. The third kappa shape index (κ3) is 4.46. The summed E-state index contributed by atoms with van der Waals surface area (Å²) in [5, 5.41) is 8.94. The van der Waals surface area contributed by atoms with E-state index in [4.69, 9.17) is 5.11 Å². The normalized spacial score (nSPS) is 23.5. The minimum atomic E-state index is -3.06. The van der Waals surface area contributed by atoms with Crippen molar-refractivity contribution in [3.63, 3.8) is 0 Å². The second-order valence-electron chi connectivity index (χ2n) is 4.01. The fourth-order valence-corrected chi connectivity index (χ4v) is 2.56. The van der Waals surface area contributed by atoms with Crippen LogP contribution in [0.5, 0.6) is 0 Å². The molecule has 0 aromatic carbocycles. The summed E-state index contributed by atoms with van der Waals surface area (Å²) in [6.07, 6.45) is 1.68. The summed E-state index contributed by atoms with van der Waals surface area (Å²) in [4.78, 5) is 2.21. The molecule has 0 saturated carbocycles. The highest BCUT2D eigenvalue weighted by molar-refractivity contribution is 7.89. The second-order valence-corrected chi connectivity index (χ2v) is 6.06. The van der Waals surface area contributed by atoms with Gasteiger partial charge in [0, 0.05) is 13.2 Å². The molecule has 0 aromatic rings. The van der Waals surface area contributed by atoms with Crippen LogP contribution in [-0.4, -0.2) is 57.5 Å². The molecular weight excluding hydrogens is 216 g/mol. The second kappa shape index (κ2) is 5.79. The van der Waals surface area contributed by atoms with E-state index in [9.17, 15) is 8.42 Å². The summed E-state index contributed by atoms with van der Waals surface area (Å²) in [6.45, 7) is 2.92. The molecule has 1 atom stereocenters. The zero-order chi connectivity index (χ0) is 11.3. The van der Waals surface area contributed by atoms with E-state index < -0.39 is 10.0 Å². The molecule has 0 bridgehead atoms. The van der Waals surface area contributed by atoms with Crippen molar-refractivity contribution in [3.8, 4) is 0 Å². The standard InChI is InChI=1S/C9H20N2O3S/c1-10-15(13,14)6-2-4-11-5-3-9(7-11)8-12/h9-10,12H,2-8H2,1H3. The molecule has 6 heteroatoms. The van der Waals surface area contributed by atoms with E-state index >= 15 is 0 Å². The van der Waals surface area contributed by atoms with Crippen molar-refractivity contribution in [1.82, 2.24) is 9.62 Å². The van der Waals surface area contributed by atoms with Crippen LogP contribution >= 0.6 is 0 Å². The molecule has 1 saturated heterocycles. The Morgan fingerprint density at radius 2 is 2.27 bits per heavy atom.